The van der Waals surface area contributed by atoms with E-state index in [9.17, 15) is 0 Å². The van der Waals surface area contributed by atoms with E-state index in [1.54, 1.807) is 0 Å². The van der Waals surface area contributed by atoms with Crippen molar-refractivity contribution < 1.29 is 0 Å². The maximum absolute atomic E-state index is 4.60. The van der Waals surface area contributed by atoms with Gasteiger partial charge < -0.3 is 0 Å². The molecule has 0 aliphatic heterocycles. The first-order chi connectivity index (χ1) is 6.81. The molecule has 0 saturated carbocycles. The van der Waals surface area contributed by atoms with Crippen molar-refractivity contribution in [3.05, 3.63) is 40.5 Å². The Labute approximate surface area is 109 Å². The van der Waals surface area contributed by atoms with E-state index in [-0.39, 0.29) is 17.0 Å². The predicted molar refractivity (Wildman–Crippen MR) is 73.8 cm³/mol. The number of pyridine rings is 1. The second-order valence-corrected chi connectivity index (χ2v) is 4.22. The third kappa shape index (κ3) is 2.79. The van der Waals surface area contributed by atoms with Gasteiger partial charge in [0.1, 0.15) is 0 Å². The van der Waals surface area contributed by atoms with Crippen molar-refractivity contribution in [1.82, 2.24) is 4.98 Å². The zero-order valence-corrected chi connectivity index (χ0v) is 11.8. The zero-order chi connectivity index (χ0) is 9.97. The predicted octanol–water partition coefficient (Wildman–Crippen LogP) is 4.53. The third-order valence-electron chi connectivity index (χ3n) is 2.22. The van der Waals surface area contributed by atoms with E-state index in [0.29, 0.717) is 0 Å². The van der Waals surface area contributed by atoms with Gasteiger partial charge in [-0.3, -0.25) is 4.98 Å². The number of hydrogen-bond donors (Lipinski definition) is 0. The summed E-state index contributed by atoms with van der Waals surface area (Å²) in [6.45, 7) is 2.17. The molecule has 0 fully saturated rings. The van der Waals surface area contributed by atoms with Crippen molar-refractivity contribution in [2.24, 2.45) is 0 Å². The van der Waals surface area contributed by atoms with Gasteiger partial charge in [-0.1, -0.05) is 47.5 Å². The molecule has 0 saturated heterocycles. The van der Waals surface area contributed by atoms with Crippen LogP contribution in [0.1, 0.15) is 19.0 Å². The van der Waals surface area contributed by atoms with Crippen molar-refractivity contribution in [2.45, 2.75) is 19.8 Å². The summed E-state index contributed by atoms with van der Waals surface area (Å²) in [5.74, 6) is 0. The first kappa shape index (κ1) is 12.7. The van der Waals surface area contributed by atoms with E-state index in [1.165, 1.54) is 5.39 Å². The fourth-order valence-electron chi connectivity index (χ4n) is 1.57. The Morgan fingerprint density at radius 2 is 2.00 bits per heavy atom. The van der Waals surface area contributed by atoms with Crippen molar-refractivity contribution >= 4 is 43.8 Å². The number of hydrogen-bond acceptors (Lipinski definition) is 1. The van der Waals surface area contributed by atoms with E-state index in [4.69, 9.17) is 0 Å². The Morgan fingerprint density at radius 3 is 2.73 bits per heavy atom. The van der Waals surface area contributed by atoms with Crippen molar-refractivity contribution in [1.29, 1.82) is 0 Å². The molecule has 15 heavy (non-hydrogen) atoms. The fraction of sp³-hybridized carbons (Fsp3) is 0.250. The molecule has 1 heterocycles. The van der Waals surface area contributed by atoms with Crippen LogP contribution in [0.3, 0.4) is 0 Å². The number of rotatable bonds is 2. The summed E-state index contributed by atoms with van der Waals surface area (Å²) in [5, 5.41) is 1.19. The van der Waals surface area contributed by atoms with Crippen LogP contribution >= 0.6 is 32.9 Å². The maximum Gasteiger partial charge on any atom is 0.0716 e. The largest absolute Gasteiger partial charge is 0.253 e. The lowest BCUT2D eigenvalue weighted by Crippen LogP contribution is -1.90. The summed E-state index contributed by atoms with van der Waals surface area (Å²) in [5.41, 5.74) is 2.24. The quantitative estimate of drug-likeness (QED) is 0.788. The molecule has 0 unspecified atom stereocenters. The second-order valence-electron chi connectivity index (χ2n) is 3.36. The van der Waals surface area contributed by atoms with Crippen LogP contribution in [0.15, 0.2) is 34.8 Å². The molecule has 3 heteroatoms. The molecule has 2 aromatic rings. The minimum absolute atomic E-state index is 0. The van der Waals surface area contributed by atoms with Gasteiger partial charge in [0.25, 0.3) is 0 Å². The molecule has 0 atom stereocenters. The molecule has 0 aliphatic carbocycles. The van der Waals surface area contributed by atoms with Gasteiger partial charge in [-0.05, 0) is 18.6 Å². The van der Waals surface area contributed by atoms with Gasteiger partial charge in [-0.2, -0.15) is 0 Å². The van der Waals surface area contributed by atoms with Gasteiger partial charge in [-0.25, -0.2) is 0 Å². The van der Waals surface area contributed by atoms with Crippen LogP contribution in [0.4, 0.5) is 0 Å². The molecule has 0 amide bonds. The summed E-state index contributed by atoms with van der Waals surface area (Å²) in [7, 11) is 0. The van der Waals surface area contributed by atoms with Crippen LogP contribution in [-0.2, 0) is 6.42 Å². The topological polar surface area (TPSA) is 12.9 Å². The first-order valence-corrected chi connectivity index (χ1v) is 5.64. The minimum atomic E-state index is 0. The molecule has 0 aliphatic rings. The van der Waals surface area contributed by atoms with Crippen LogP contribution in [0.2, 0.25) is 0 Å². The van der Waals surface area contributed by atoms with Gasteiger partial charge in [0, 0.05) is 15.6 Å². The molecule has 2 rings (SSSR count). The first-order valence-electron chi connectivity index (χ1n) is 4.85. The molecule has 80 valence electrons. The van der Waals surface area contributed by atoms with Crippen LogP contribution in [0, 0.1) is 0 Å². The third-order valence-corrected chi connectivity index (χ3v) is 2.88. The Balaban J connectivity index is 0.00000112. The number of para-hydroxylation sites is 1. The molecule has 0 spiro atoms. The Kier molecular flexibility index (Phi) is 4.74. The fourth-order valence-corrected chi connectivity index (χ4v) is 2.17. The summed E-state index contributed by atoms with van der Waals surface area (Å²) in [6.07, 6.45) is 2.18. The van der Waals surface area contributed by atoms with Crippen molar-refractivity contribution in [3.8, 4) is 0 Å². The Morgan fingerprint density at radius 1 is 1.27 bits per heavy atom. The van der Waals surface area contributed by atoms with Gasteiger partial charge >= 0.3 is 0 Å². The normalized spacial score (nSPS) is 10.0. The average Bonchev–Trinajstić information content (AvgIpc) is 2.18. The summed E-state index contributed by atoms with van der Waals surface area (Å²) in [6, 6.07) is 10.3. The van der Waals surface area contributed by atoms with Crippen molar-refractivity contribution in [2.75, 3.05) is 0 Å². The number of halogens is 2. The van der Waals surface area contributed by atoms with Gasteiger partial charge in [0.15, 0.2) is 0 Å². The van der Waals surface area contributed by atoms with Crippen LogP contribution < -0.4 is 0 Å². The summed E-state index contributed by atoms with van der Waals surface area (Å²) >= 11 is 3.58. The number of aromatic nitrogens is 1. The molecule has 0 N–H and O–H groups in total. The Hall–Kier alpha value is -0.410. The summed E-state index contributed by atoms with van der Waals surface area (Å²) < 4.78 is 1.14. The van der Waals surface area contributed by atoms with Gasteiger partial charge in [0.05, 0.1) is 5.52 Å². The maximum atomic E-state index is 4.60. The van der Waals surface area contributed by atoms with Crippen LogP contribution in [0.25, 0.3) is 10.9 Å². The molecule has 1 aromatic carbocycles. The smallest absolute Gasteiger partial charge is 0.0716 e. The number of aryl methyl sites for hydroxylation is 1. The lowest BCUT2D eigenvalue weighted by molar-refractivity contribution is 0.889. The van der Waals surface area contributed by atoms with Gasteiger partial charge in [-0.15, -0.1) is 17.0 Å². The van der Waals surface area contributed by atoms with E-state index < -0.39 is 0 Å². The second kappa shape index (κ2) is 5.61. The highest BCUT2D eigenvalue weighted by molar-refractivity contribution is 9.10. The van der Waals surface area contributed by atoms with Crippen LogP contribution in [0.5, 0.6) is 0 Å². The number of benzene rings is 1. The highest BCUT2D eigenvalue weighted by Crippen LogP contribution is 2.23. The lowest BCUT2D eigenvalue weighted by Gasteiger charge is -2.03. The SMILES string of the molecule is Br.CCCc1cc(Br)c2ccccc2n1. The summed E-state index contributed by atoms with van der Waals surface area (Å²) in [4.78, 5) is 4.60. The highest BCUT2D eigenvalue weighted by Gasteiger charge is 2.01. The van der Waals surface area contributed by atoms with E-state index in [1.807, 2.05) is 12.1 Å². The molecule has 0 bridgehead atoms. The average molecular weight is 331 g/mol. The van der Waals surface area contributed by atoms with Crippen molar-refractivity contribution in [3.63, 3.8) is 0 Å². The van der Waals surface area contributed by atoms with Crippen LogP contribution in [-0.4, -0.2) is 4.98 Å². The number of nitrogens with zero attached hydrogens (tertiary/aromatic N) is 1. The van der Waals surface area contributed by atoms with E-state index in [2.05, 4.69) is 46.0 Å². The number of fused-ring (bicyclic) bond motifs is 1. The Bertz CT molecular complexity index is 454. The molecule has 1 aromatic heterocycles. The molecule has 0 radical (unpaired) electrons. The molecular weight excluding hydrogens is 318 g/mol. The lowest BCUT2D eigenvalue weighted by atomic mass is 10.1. The van der Waals surface area contributed by atoms with E-state index >= 15 is 0 Å². The van der Waals surface area contributed by atoms with E-state index in [0.717, 1.165) is 28.5 Å². The standard InChI is InChI=1S/C12H12BrN.BrH/c1-2-5-9-8-11(13)10-6-3-4-7-12(10)14-9;/h3-4,6-8H,2,5H2,1H3;1H. The monoisotopic (exact) mass is 329 g/mol. The highest BCUT2D eigenvalue weighted by atomic mass is 79.9. The zero-order valence-electron chi connectivity index (χ0n) is 8.53. The van der Waals surface area contributed by atoms with Gasteiger partial charge in [0.2, 0.25) is 0 Å². The molecular formula is C12H13Br2N. The molecule has 1 nitrogen and oxygen atoms in total. The minimum Gasteiger partial charge on any atom is -0.253 e.